The molecular weight excluding hydrogens is 260 g/mol. The first-order valence-electron chi connectivity index (χ1n) is 6.93. The van der Waals surface area contributed by atoms with E-state index in [4.69, 9.17) is 4.52 Å². The Morgan fingerprint density at radius 1 is 1.35 bits per heavy atom. The largest absolute Gasteiger partial charge is 0.481 e. The summed E-state index contributed by atoms with van der Waals surface area (Å²) >= 11 is 0. The molecule has 1 aliphatic carbocycles. The van der Waals surface area contributed by atoms with E-state index in [0.717, 1.165) is 24.8 Å². The summed E-state index contributed by atoms with van der Waals surface area (Å²) in [6.07, 6.45) is 3.41. The SMILES string of the molecule is Cc1noc(C)c1CC(=O)NC1CCCCC1C(=O)O. The van der Waals surface area contributed by atoms with Gasteiger partial charge in [0.25, 0.3) is 0 Å². The Hall–Kier alpha value is -1.85. The number of aromatic nitrogens is 1. The molecule has 0 aliphatic heterocycles. The van der Waals surface area contributed by atoms with E-state index in [1.807, 2.05) is 0 Å². The van der Waals surface area contributed by atoms with Crippen molar-refractivity contribution in [1.82, 2.24) is 10.5 Å². The van der Waals surface area contributed by atoms with E-state index in [0.29, 0.717) is 17.9 Å². The molecule has 1 fully saturated rings. The van der Waals surface area contributed by atoms with E-state index in [1.165, 1.54) is 0 Å². The summed E-state index contributed by atoms with van der Waals surface area (Å²) in [5, 5.41) is 15.9. The monoisotopic (exact) mass is 280 g/mol. The zero-order chi connectivity index (χ0) is 14.7. The fourth-order valence-electron chi connectivity index (χ4n) is 2.77. The quantitative estimate of drug-likeness (QED) is 0.873. The highest BCUT2D eigenvalue weighted by molar-refractivity contribution is 5.80. The number of hydrogen-bond donors (Lipinski definition) is 2. The second-order valence-corrected chi connectivity index (χ2v) is 5.38. The van der Waals surface area contributed by atoms with Gasteiger partial charge in [-0.25, -0.2) is 0 Å². The highest BCUT2D eigenvalue weighted by Gasteiger charge is 2.32. The number of carbonyl (C=O) groups excluding carboxylic acids is 1. The van der Waals surface area contributed by atoms with Crippen LogP contribution in [-0.4, -0.2) is 28.2 Å². The lowest BCUT2D eigenvalue weighted by Crippen LogP contribution is -2.45. The molecule has 20 heavy (non-hydrogen) atoms. The molecule has 1 aliphatic rings. The average Bonchev–Trinajstić information content (AvgIpc) is 2.71. The lowest BCUT2D eigenvalue weighted by atomic mass is 9.84. The van der Waals surface area contributed by atoms with Gasteiger partial charge in [-0.05, 0) is 26.7 Å². The van der Waals surface area contributed by atoms with Crippen LogP contribution in [0.15, 0.2) is 4.52 Å². The van der Waals surface area contributed by atoms with E-state index < -0.39 is 11.9 Å². The molecule has 1 aromatic heterocycles. The smallest absolute Gasteiger partial charge is 0.308 e. The number of carbonyl (C=O) groups is 2. The third kappa shape index (κ3) is 3.18. The molecule has 2 N–H and O–H groups in total. The van der Waals surface area contributed by atoms with Crippen LogP contribution in [0.4, 0.5) is 0 Å². The molecule has 0 bridgehead atoms. The predicted molar refractivity (Wildman–Crippen MR) is 71.2 cm³/mol. The predicted octanol–water partition coefficient (Wildman–Crippen LogP) is 1.59. The van der Waals surface area contributed by atoms with Crippen LogP contribution in [0.25, 0.3) is 0 Å². The summed E-state index contributed by atoms with van der Waals surface area (Å²) in [6, 6.07) is -0.269. The Balaban J connectivity index is 1.98. The Bertz CT molecular complexity index is 490. The number of amides is 1. The standard InChI is InChI=1S/C14H20N2O4/c1-8-11(9(2)20-16-8)7-13(17)15-12-6-4-3-5-10(12)14(18)19/h10,12H,3-7H2,1-2H3,(H,15,17)(H,18,19). The molecule has 0 radical (unpaired) electrons. The van der Waals surface area contributed by atoms with E-state index >= 15 is 0 Å². The van der Waals surface area contributed by atoms with E-state index in [9.17, 15) is 14.7 Å². The first-order valence-corrected chi connectivity index (χ1v) is 6.93. The van der Waals surface area contributed by atoms with Crippen molar-refractivity contribution in [1.29, 1.82) is 0 Å². The first-order chi connectivity index (χ1) is 9.49. The van der Waals surface area contributed by atoms with Crippen LogP contribution in [0.2, 0.25) is 0 Å². The summed E-state index contributed by atoms with van der Waals surface area (Å²) in [5.41, 5.74) is 1.49. The molecule has 1 amide bonds. The maximum atomic E-state index is 12.1. The second kappa shape index (κ2) is 6.07. The molecule has 2 atom stereocenters. The van der Waals surface area contributed by atoms with Crippen LogP contribution in [0.1, 0.15) is 42.7 Å². The minimum Gasteiger partial charge on any atom is -0.481 e. The molecule has 110 valence electrons. The van der Waals surface area contributed by atoms with Crippen LogP contribution in [0.5, 0.6) is 0 Å². The summed E-state index contributed by atoms with van der Waals surface area (Å²) in [5.74, 6) is -0.835. The van der Waals surface area contributed by atoms with E-state index in [1.54, 1.807) is 13.8 Å². The maximum absolute atomic E-state index is 12.1. The number of carboxylic acid groups (broad SMARTS) is 1. The number of rotatable bonds is 4. The van der Waals surface area contributed by atoms with Crippen molar-refractivity contribution in [2.24, 2.45) is 5.92 Å². The molecule has 2 rings (SSSR count). The summed E-state index contributed by atoms with van der Waals surface area (Å²) in [7, 11) is 0. The fourth-order valence-corrected chi connectivity index (χ4v) is 2.77. The number of carboxylic acids is 1. The third-order valence-corrected chi connectivity index (χ3v) is 3.95. The third-order valence-electron chi connectivity index (χ3n) is 3.95. The number of hydrogen-bond acceptors (Lipinski definition) is 4. The van der Waals surface area contributed by atoms with Crippen molar-refractivity contribution >= 4 is 11.9 Å². The van der Waals surface area contributed by atoms with Crippen molar-refractivity contribution < 1.29 is 19.2 Å². The van der Waals surface area contributed by atoms with Crippen LogP contribution in [0, 0.1) is 19.8 Å². The Labute approximate surface area is 117 Å². The number of nitrogens with zero attached hydrogens (tertiary/aromatic N) is 1. The van der Waals surface area contributed by atoms with Crippen LogP contribution >= 0.6 is 0 Å². The molecule has 0 aromatic carbocycles. The van der Waals surface area contributed by atoms with Gasteiger partial charge in [-0.2, -0.15) is 0 Å². The van der Waals surface area contributed by atoms with Gasteiger partial charge in [0, 0.05) is 11.6 Å². The first kappa shape index (κ1) is 14.6. The average molecular weight is 280 g/mol. The van der Waals surface area contributed by atoms with Crippen molar-refractivity contribution in [2.45, 2.75) is 52.0 Å². The molecule has 1 saturated carbocycles. The van der Waals surface area contributed by atoms with Gasteiger partial charge in [0.2, 0.25) is 5.91 Å². The Morgan fingerprint density at radius 2 is 2.05 bits per heavy atom. The van der Waals surface area contributed by atoms with Gasteiger partial charge in [-0.1, -0.05) is 18.0 Å². The van der Waals surface area contributed by atoms with Gasteiger partial charge >= 0.3 is 5.97 Å². The van der Waals surface area contributed by atoms with Crippen LogP contribution < -0.4 is 5.32 Å². The van der Waals surface area contributed by atoms with Gasteiger partial charge in [-0.15, -0.1) is 0 Å². The maximum Gasteiger partial charge on any atom is 0.308 e. The Kier molecular flexibility index (Phi) is 4.42. The minimum atomic E-state index is -0.827. The van der Waals surface area contributed by atoms with Crippen molar-refractivity contribution in [3.8, 4) is 0 Å². The molecule has 0 saturated heterocycles. The van der Waals surface area contributed by atoms with Crippen molar-refractivity contribution in [3.63, 3.8) is 0 Å². The van der Waals surface area contributed by atoms with Crippen LogP contribution in [0.3, 0.4) is 0 Å². The fraction of sp³-hybridized carbons (Fsp3) is 0.643. The van der Waals surface area contributed by atoms with Gasteiger partial charge in [0.1, 0.15) is 5.76 Å². The molecule has 2 unspecified atom stereocenters. The zero-order valence-electron chi connectivity index (χ0n) is 11.8. The van der Waals surface area contributed by atoms with Gasteiger partial charge < -0.3 is 14.9 Å². The van der Waals surface area contributed by atoms with Crippen molar-refractivity contribution in [2.75, 3.05) is 0 Å². The molecule has 0 spiro atoms. The second-order valence-electron chi connectivity index (χ2n) is 5.38. The summed E-state index contributed by atoms with van der Waals surface area (Å²) in [4.78, 5) is 23.3. The molecule has 6 nitrogen and oxygen atoms in total. The molecular formula is C14H20N2O4. The topological polar surface area (TPSA) is 92.4 Å². The van der Waals surface area contributed by atoms with Gasteiger partial charge in [0.15, 0.2) is 0 Å². The van der Waals surface area contributed by atoms with Crippen LogP contribution in [-0.2, 0) is 16.0 Å². The van der Waals surface area contributed by atoms with Gasteiger partial charge in [0.05, 0.1) is 18.0 Å². The van der Waals surface area contributed by atoms with E-state index in [2.05, 4.69) is 10.5 Å². The molecule has 1 heterocycles. The number of nitrogens with one attached hydrogen (secondary N) is 1. The highest BCUT2D eigenvalue weighted by Crippen LogP contribution is 2.25. The number of aryl methyl sites for hydroxylation is 2. The summed E-state index contributed by atoms with van der Waals surface area (Å²) < 4.78 is 5.02. The minimum absolute atomic E-state index is 0.169. The lowest BCUT2D eigenvalue weighted by molar-refractivity contribution is -0.144. The van der Waals surface area contributed by atoms with Crippen molar-refractivity contribution in [3.05, 3.63) is 17.0 Å². The normalized spacial score (nSPS) is 22.5. The Morgan fingerprint density at radius 3 is 2.65 bits per heavy atom. The van der Waals surface area contributed by atoms with Gasteiger partial charge in [-0.3, -0.25) is 9.59 Å². The molecule has 1 aromatic rings. The number of aliphatic carboxylic acids is 1. The lowest BCUT2D eigenvalue weighted by Gasteiger charge is -2.29. The van der Waals surface area contributed by atoms with E-state index in [-0.39, 0.29) is 18.4 Å². The molecule has 6 heteroatoms. The zero-order valence-corrected chi connectivity index (χ0v) is 11.8. The summed E-state index contributed by atoms with van der Waals surface area (Å²) in [6.45, 7) is 3.56. The highest BCUT2D eigenvalue weighted by atomic mass is 16.5.